The Balaban J connectivity index is -0.00000176. The molecule has 0 spiro atoms. The van der Waals surface area contributed by atoms with Crippen LogP contribution in [0.1, 0.15) is 40.0 Å². The first-order chi connectivity index (χ1) is 10.7. The monoisotopic (exact) mass is 382 g/mol. The number of rotatable bonds is 7. The molecular weight excluding hydrogens is 348 g/mol. The number of nitrogens with one attached hydrogen (secondary N) is 1. The minimum atomic E-state index is -1.11. The Bertz CT molecular complexity index is 467. The molecule has 0 aromatic rings. The largest absolute Gasteiger partial charge is 0.481 e. The molecular formula is C15H34N4O7. The number of hydrogen-bond donors (Lipinski definition) is 5. The van der Waals surface area contributed by atoms with Gasteiger partial charge in [0.05, 0.1) is 18.1 Å². The third kappa shape index (κ3) is 6.75. The van der Waals surface area contributed by atoms with E-state index in [-0.39, 0.29) is 46.7 Å². The number of aliphatic hydroxyl groups is 1. The van der Waals surface area contributed by atoms with Gasteiger partial charge in [-0.25, -0.2) is 4.99 Å². The minimum Gasteiger partial charge on any atom is -0.481 e. The number of carbonyl (C=O) groups excluding carboxylic acids is 1. The van der Waals surface area contributed by atoms with Crippen molar-refractivity contribution >= 4 is 17.8 Å². The molecule has 1 aliphatic rings. The quantitative estimate of drug-likeness (QED) is 0.229. The molecule has 5 atom stereocenters. The number of hydrogen-bond acceptors (Lipinski definition) is 4. The lowest BCUT2D eigenvalue weighted by molar-refractivity contribution is -0.145. The van der Waals surface area contributed by atoms with E-state index in [2.05, 4.69) is 10.3 Å². The Morgan fingerprint density at radius 2 is 1.69 bits per heavy atom. The molecule has 156 valence electrons. The number of nitrogens with zero attached hydrogens (tertiary/aromatic N) is 1. The minimum absolute atomic E-state index is 0. The van der Waals surface area contributed by atoms with E-state index in [4.69, 9.17) is 11.5 Å². The maximum atomic E-state index is 11.6. The molecule has 4 unspecified atom stereocenters. The molecule has 1 saturated carbocycles. The lowest BCUT2D eigenvalue weighted by Gasteiger charge is -2.35. The lowest BCUT2D eigenvalue weighted by Crippen LogP contribution is -2.51. The molecule has 1 rings (SSSR count). The number of aliphatic imine (C=N–C) groups is 1. The molecule has 0 aromatic heterocycles. The highest BCUT2D eigenvalue weighted by molar-refractivity contribution is 5.76. The Hall–Kier alpha value is -1.95. The van der Waals surface area contributed by atoms with Crippen LogP contribution in [-0.4, -0.2) is 62.7 Å². The molecule has 0 aromatic carbocycles. The topological polar surface area (TPSA) is 246 Å². The van der Waals surface area contributed by atoms with Crippen molar-refractivity contribution in [2.24, 2.45) is 34.2 Å². The fourth-order valence-corrected chi connectivity index (χ4v) is 3.64. The third-order valence-corrected chi connectivity index (χ3v) is 4.72. The number of aliphatic hydroxyl groups excluding tert-OH is 1. The molecule has 0 saturated heterocycles. The van der Waals surface area contributed by atoms with E-state index in [1.165, 1.54) is 6.92 Å². The first kappa shape index (κ1) is 28.8. The first-order valence-corrected chi connectivity index (χ1v) is 7.99. The van der Waals surface area contributed by atoms with Crippen molar-refractivity contribution in [3.8, 4) is 0 Å². The summed E-state index contributed by atoms with van der Waals surface area (Å²) in [6, 6.07) is -0.913. The fraction of sp³-hybridized carbons (Fsp3) is 0.800. The van der Waals surface area contributed by atoms with Crippen molar-refractivity contribution in [3.63, 3.8) is 0 Å². The molecule has 0 radical (unpaired) electrons. The van der Waals surface area contributed by atoms with Crippen LogP contribution in [0, 0.1) is 17.8 Å². The van der Waals surface area contributed by atoms with Gasteiger partial charge in [-0.15, -0.1) is 0 Å². The summed E-state index contributed by atoms with van der Waals surface area (Å²) in [5.74, 6) is -2.84. The molecule has 1 amide bonds. The first-order valence-electron chi connectivity index (χ1n) is 7.99. The van der Waals surface area contributed by atoms with Gasteiger partial charge in [0.25, 0.3) is 0 Å². The van der Waals surface area contributed by atoms with E-state index < -0.39 is 30.0 Å². The fourth-order valence-electron chi connectivity index (χ4n) is 3.64. The van der Waals surface area contributed by atoms with Crippen molar-refractivity contribution in [2.45, 2.75) is 58.2 Å². The van der Waals surface area contributed by atoms with Crippen LogP contribution >= 0.6 is 0 Å². The number of amides is 1. The van der Waals surface area contributed by atoms with Crippen LogP contribution in [0.2, 0.25) is 0 Å². The van der Waals surface area contributed by atoms with E-state index in [9.17, 15) is 19.8 Å². The summed E-state index contributed by atoms with van der Waals surface area (Å²) >= 11 is 0. The smallest absolute Gasteiger partial charge is 0.309 e. The Morgan fingerprint density at radius 1 is 1.19 bits per heavy atom. The second kappa shape index (κ2) is 12.4. The Kier molecular flexibility index (Phi) is 13.8. The van der Waals surface area contributed by atoms with E-state index in [1.54, 1.807) is 0 Å². The summed E-state index contributed by atoms with van der Waals surface area (Å²) < 4.78 is 0. The number of carboxylic acid groups (broad SMARTS) is 1. The van der Waals surface area contributed by atoms with Gasteiger partial charge in [-0.2, -0.15) is 0 Å². The van der Waals surface area contributed by atoms with Crippen LogP contribution in [-0.2, 0) is 9.59 Å². The van der Waals surface area contributed by atoms with Gasteiger partial charge < -0.3 is 43.4 Å². The number of carboxylic acids is 1. The Labute approximate surface area is 152 Å². The van der Waals surface area contributed by atoms with Crippen LogP contribution < -0.4 is 16.8 Å². The highest BCUT2D eigenvalue weighted by atomic mass is 16.4. The van der Waals surface area contributed by atoms with Crippen molar-refractivity contribution in [1.82, 2.24) is 5.32 Å². The van der Waals surface area contributed by atoms with E-state index in [1.807, 2.05) is 13.8 Å². The molecule has 1 aliphatic carbocycles. The predicted octanol–water partition coefficient (Wildman–Crippen LogP) is -2.82. The van der Waals surface area contributed by atoms with Gasteiger partial charge in [-0.05, 0) is 12.3 Å². The molecule has 11 nitrogen and oxygen atoms in total. The van der Waals surface area contributed by atoms with E-state index in [0.717, 1.165) is 12.8 Å². The maximum absolute atomic E-state index is 11.6. The van der Waals surface area contributed by atoms with Crippen molar-refractivity contribution in [1.29, 1.82) is 0 Å². The van der Waals surface area contributed by atoms with Gasteiger partial charge >= 0.3 is 5.97 Å². The third-order valence-electron chi connectivity index (χ3n) is 4.72. The van der Waals surface area contributed by atoms with Crippen LogP contribution in [0.25, 0.3) is 0 Å². The van der Waals surface area contributed by atoms with Crippen molar-refractivity contribution in [3.05, 3.63) is 0 Å². The van der Waals surface area contributed by atoms with Crippen LogP contribution in [0.3, 0.4) is 0 Å². The molecule has 0 bridgehead atoms. The number of aliphatic carboxylic acids is 1. The van der Waals surface area contributed by atoms with Gasteiger partial charge in [-0.3, -0.25) is 9.59 Å². The van der Waals surface area contributed by atoms with E-state index in [0.29, 0.717) is 0 Å². The SMILES string of the molecule is CCC(CC)C(NC(C)=O)C1C(N=C(N)N)C[C@@H](C(=O)O)C1O.O.O.O. The van der Waals surface area contributed by atoms with Crippen LogP contribution in [0.4, 0.5) is 0 Å². The molecule has 11 heteroatoms. The van der Waals surface area contributed by atoms with Crippen molar-refractivity contribution < 1.29 is 36.2 Å². The highest BCUT2D eigenvalue weighted by Crippen LogP contribution is 2.39. The molecule has 0 heterocycles. The zero-order chi connectivity index (χ0) is 17.7. The second-order valence-electron chi connectivity index (χ2n) is 6.17. The number of carbonyl (C=O) groups is 2. The molecule has 26 heavy (non-hydrogen) atoms. The molecule has 13 N–H and O–H groups in total. The molecule has 1 fully saturated rings. The van der Waals surface area contributed by atoms with Gasteiger partial charge in [-0.1, -0.05) is 26.7 Å². The molecule has 0 aliphatic heterocycles. The highest BCUT2D eigenvalue weighted by Gasteiger charge is 2.50. The average Bonchev–Trinajstić information content (AvgIpc) is 2.74. The standard InChI is InChI=1S/C15H28N4O4.3H2O/c1-4-8(5-2)12(18-7(3)20)11-10(19-15(16)17)6-9(13(11)21)14(22)23;;;/h8-13,21H,4-6H2,1-3H3,(H,18,20)(H,22,23)(H4,16,17,19);3*1H2/t9-,10?,11?,12?,13?;;;/m1.../s1. The summed E-state index contributed by atoms with van der Waals surface area (Å²) in [6.45, 7) is 5.39. The lowest BCUT2D eigenvalue weighted by atomic mass is 9.80. The van der Waals surface area contributed by atoms with Crippen LogP contribution in [0.5, 0.6) is 0 Å². The summed E-state index contributed by atoms with van der Waals surface area (Å²) in [5.41, 5.74) is 10.9. The average molecular weight is 382 g/mol. The zero-order valence-corrected chi connectivity index (χ0v) is 15.4. The normalized spacial score (nSPS) is 25.1. The summed E-state index contributed by atoms with van der Waals surface area (Å²) in [6.07, 6.45) is 0.612. The van der Waals surface area contributed by atoms with Gasteiger partial charge in [0, 0.05) is 18.9 Å². The summed E-state index contributed by atoms with van der Waals surface area (Å²) in [5, 5.41) is 22.7. The Morgan fingerprint density at radius 3 is 2.04 bits per heavy atom. The number of guanidine groups is 1. The van der Waals surface area contributed by atoms with Gasteiger partial charge in [0.15, 0.2) is 5.96 Å². The van der Waals surface area contributed by atoms with Gasteiger partial charge in [0.2, 0.25) is 5.91 Å². The maximum Gasteiger partial charge on any atom is 0.309 e. The van der Waals surface area contributed by atoms with Crippen LogP contribution in [0.15, 0.2) is 4.99 Å². The predicted molar refractivity (Wildman–Crippen MR) is 97.4 cm³/mol. The summed E-state index contributed by atoms with van der Waals surface area (Å²) in [4.78, 5) is 27.1. The zero-order valence-electron chi connectivity index (χ0n) is 15.4. The number of nitrogens with two attached hydrogens (primary N) is 2. The van der Waals surface area contributed by atoms with E-state index >= 15 is 0 Å². The summed E-state index contributed by atoms with van der Waals surface area (Å²) in [7, 11) is 0. The second-order valence-corrected chi connectivity index (χ2v) is 6.17. The van der Waals surface area contributed by atoms with Crippen molar-refractivity contribution in [2.75, 3.05) is 0 Å². The van der Waals surface area contributed by atoms with Gasteiger partial charge in [0.1, 0.15) is 0 Å².